The van der Waals surface area contributed by atoms with Crippen LogP contribution in [0, 0.1) is 0 Å². The third kappa shape index (κ3) is 1.07. The fourth-order valence-electron chi connectivity index (χ4n) is 1.84. The van der Waals surface area contributed by atoms with Crippen molar-refractivity contribution in [2.45, 2.75) is 18.8 Å². The van der Waals surface area contributed by atoms with Gasteiger partial charge in [-0.05, 0) is 31.0 Å². The fourth-order valence-corrected chi connectivity index (χ4v) is 1.84. The molecule has 0 radical (unpaired) electrons. The summed E-state index contributed by atoms with van der Waals surface area (Å²) < 4.78 is 5.14. The van der Waals surface area contributed by atoms with E-state index in [1.807, 2.05) is 19.6 Å². The molecule has 1 N–H and O–H groups in total. The predicted octanol–water partition coefficient (Wildman–Crippen LogP) is 1.53. The molecule has 1 aromatic rings. The molecule has 11 heavy (non-hydrogen) atoms. The van der Waals surface area contributed by atoms with Gasteiger partial charge < -0.3 is 9.73 Å². The standard InChI is InChI=1S/C9H13NO/c1-10-4-7-2-3-8-5-11-6-9(7)8/h5-7,10H,2-4H2,1H3. The highest BCUT2D eigenvalue weighted by Gasteiger charge is 2.22. The van der Waals surface area contributed by atoms with Crippen molar-refractivity contribution in [3.63, 3.8) is 0 Å². The molecule has 1 atom stereocenters. The summed E-state index contributed by atoms with van der Waals surface area (Å²) in [5.41, 5.74) is 2.82. The summed E-state index contributed by atoms with van der Waals surface area (Å²) in [6.07, 6.45) is 6.25. The minimum Gasteiger partial charge on any atom is -0.472 e. The van der Waals surface area contributed by atoms with Crippen molar-refractivity contribution < 1.29 is 4.42 Å². The fraction of sp³-hybridized carbons (Fsp3) is 0.556. The Morgan fingerprint density at radius 2 is 2.55 bits per heavy atom. The maximum Gasteiger partial charge on any atom is 0.0940 e. The van der Waals surface area contributed by atoms with Crippen molar-refractivity contribution in [3.05, 3.63) is 23.7 Å². The monoisotopic (exact) mass is 151 g/mol. The van der Waals surface area contributed by atoms with Crippen LogP contribution in [0.5, 0.6) is 0 Å². The lowest BCUT2D eigenvalue weighted by atomic mass is 10.1. The Kier molecular flexibility index (Phi) is 1.70. The normalized spacial score (nSPS) is 22.1. The van der Waals surface area contributed by atoms with Gasteiger partial charge >= 0.3 is 0 Å². The van der Waals surface area contributed by atoms with Crippen LogP contribution in [0.1, 0.15) is 23.5 Å². The predicted molar refractivity (Wildman–Crippen MR) is 43.7 cm³/mol. The van der Waals surface area contributed by atoms with E-state index in [-0.39, 0.29) is 0 Å². The highest BCUT2D eigenvalue weighted by Crippen LogP contribution is 2.32. The van der Waals surface area contributed by atoms with Gasteiger partial charge in [0.2, 0.25) is 0 Å². The second-order valence-electron chi connectivity index (χ2n) is 3.15. The van der Waals surface area contributed by atoms with E-state index < -0.39 is 0 Å². The second-order valence-corrected chi connectivity index (χ2v) is 3.15. The third-order valence-corrected chi connectivity index (χ3v) is 2.43. The van der Waals surface area contributed by atoms with E-state index in [1.165, 1.54) is 24.0 Å². The number of furan rings is 1. The molecule has 0 bridgehead atoms. The van der Waals surface area contributed by atoms with Crippen molar-refractivity contribution in [3.8, 4) is 0 Å². The van der Waals surface area contributed by atoms with E-state index >= 15 is 0 Å². The SMILES string of the molecule is CNCC1CCc2cocc21. The van der Waals surface area contributed by atoms with Crippen LogP contribution in [0.2, 0.25) is 0 Å². The van der Waals surface area contributed by atoms with Crippen LogP contribution in [-0.4, -0.2) is 13.6 Å². The summed E-state index contributed by atoms with van der Waals surface area (Å²) in [7, 11) is 2.00. The molecule has 2 heteroatoms. The van der Waals surface area contributed by atoms with E-state index in [2.05, 4.69) is 5.32 Å². The first-order valence-corrected chi connectivity index (χ1v) is 4.11. The number of likely N-dealkylation sites (N-methyl/N-ethyl adjacent to an activating group) is 1. The lowest BCUT2D eigenvalue weighted by molar-refractivity contribution is 0.538. The van der Waals surface area contributed by atoms with Gasteiger partial charge in [0.05, 0.1) is 12.5 Å². The van der Waals surface area contributed by atoms with Gasteiger partial charge in [-0.1, -0.05) is 0 Å². The maximum absolute atomic E-state index is 5.14. The first kappa shape index (κ1) is 6.92. The Hall–Kier alpha value is -0.760. The van der Waals surface area contributed by atoms with Gasteiger partial charge in [-0.3, -0.25) is 0 Å². The van der Waals surface area contributed by atoms with Crippen molar-refractivity contribution >= 4 is 0 Å². The van der Waals surface area contributed by atoms with Gasteiger partial charge in [-0.2, -0.15) is 0 Å². The molecule has 0 saturated carbocycles. The van der Waals surface area contributed by atoms with E-state index in [0.29, 0.717) is 5.92 Å². The summed E-state index contributed by atoms with van der Waals surface area (Å²) in [6.45, 7) is 1.08. The van der Waals surface area contributed by atoms with Crippen molar-refractivity contribution in [2.75, 3.05) is 13.6 Å². The van der Waals surface area contributed by atoms with Gasteiger partial charge in [0.1, 0.15) is 0 Å². The number of aryl methyl sites for hydroxylation is 1. The molecule has 0 amide bonds. The Labute approximate surface area is 66.6 Å². The molecule has 0 aliphatic heterocycles. The first-order chi connectivity index (χ1) is 5.42. The first-order valence-electron chi connectivity index (χ1n) is 4.11. The molecule has 0 saturated heterocycles. The second kappa shape index (κ2) is 2.70. The lowest BCUT2D eigenvalue weighted by Crippen LogP contribution is -2.14. The number of nitrogens with one attached hydrogen (secondary N) is 1. The molecule has 0 spiro atoms. The Morgan fingerprint density at radius 3 is 3.36 bits per heavy atom. The molecular formula is C9H13NO. The number of hydrogen-bond donors (Lipinski definition) is 1. The number of rotatable bonds is 2. The summed E-state index contributed by atoms with van der Waals surface area (Å²) in [5.74, 6) is 0.689. The minimum absolute atomic E-state index is 0.689. The summed E-state index contributed by atoms with van der Waals surface area (Å²) >= 11 is 0. The van der Waals surface area contributed by atoms with Crippen LogP contribution in [0.4, 0.5) is 0 Å². The summed E-state index contributed by atoms with van der Waals surface area (Å²) in [6, 6.07) is 0. The Balaban J connectivity index is 2.18. The zero-order valence-electron chi connectivity index (χ0n) is 6.76. The Morgan fingerprint density at radius 1 is 1.64 bits per heavy atom. The van der Waals surface area contributed by atoms with Crippen LogP contribution in [0.15, 0.2) is 16.9 Å². The summed E-state index contributed by atoms with van der Waals surface area (Å²) in [4.78, 5) is 0. The van der Waals surface area contributed by atoms with Crippen LogP contribution < -0.4 is 5.32 Å². The van der Waals surface area contributed by atoms with Crippen LogP contribution in [0.3, 0.4) is 0 Å². The Bertz CT molecular complexity index is 241. The van der Waals surface area contributed by atoms with Gasteiger partial charge in [0, 0.05) is 12.5 Å². The molecule has 0 aromatic carbocycles. The average molecular weight is 151 g/mol. The quantitative estimate of drug-likeness (QED) is 0.693. The minimum atomic E-state index is 0.689. The molecule has 0 fully saturated rings. The average Bonchev–Trinajstić information content (AvgIpc) is 2.53. The molecular weight excluding hydrogens is 138 g/mol. The highest BCUT2D eigenvalue weighted by molar-refractivity contribution is 5.30. The molecule has 1 aromatic heterocycles. The molecule has 60 valence electrons. The highest BCUT2D eigenvalue weighted by atomic mass is 16.3. The van der Waals surface area contributed by atoms with E-state index in [4.69, 9.17) is 4.42 Å². The van der Waals surface area contributed by atoms with Gasteiger partial charge in [-0.15, -0.1) is 0 Å². The van der Waals surface area contributed by atoms with Crippen LogP contribution >= 0.6 is 0 Å². The number of hydrogen-bond acceptors (Lipinski definition) is 2. The molecule has 1 aliphatic carbocycles. The smallest absolute Gasteiger partial charge is 0.0940 e. The topological polar surface area (TPSA) is 25.2 Å². The van der Waals surface area contributed by atoms with E-state index in [0.717, 1.165) is 6.54 Å². The molecule has 1 unspecified atom stereocenters. The number of fused-ring (bicyclic) bond motifs is 1. The largest absolute Gasteiger partial charge is 0.472 e. The molecule has 2 rings (SSSR count). The zero-order valence-corrected chi connectivity index (χ0v) is 6.76. The van der Waals surface area contributed by atoms with E-state index in [1.54, 1.807) is 0 Å². The van der Waals surface area contributed by atoms with Crippen LogP contribution in [-0.2, 0) is 6.42 Å². The van der Waals surface area contributed by atoms with Gasteiger partial charge in [0.15, 0.2) is 0 Å². The molecule has 2 nitrogen and oxygen atoms in total. The molecule has 1 aliphatic rings. The van der Waals surface area contributed by atoms with Gasteiger partial charge in [0.25, 0.3) is 0 Å². The maximum atomic E-state index is 5.14. The van der Waals surface area contributed by atoms with Gasteiger partial charge in [-0.25, -0.2) is 0 Å². The zero-order chi connectivity index (χ0) is 7.68. The lowest BCUT2D eigenvalue weighted by Gasteiger charge is -2.06. The van der Waals surface area contributed by atoms with Crippen molar-refractivity contribution in [1.29, 1.82) is 0 Å². The van der Waals surface area contributed by atoms with E-state index in [9.17, 15) is 0 Å². The van der Waals surface area contributed by atoms with Crippen molar-refractivity contribution in [2.24, 2.45) is 0 Å². The van der Waals surface area contributed by atoms with Crippen molar-refractivity contribution in [1.82, 2.24) is 5.32 Å². The third-order valence-electron chi connectivity index (χ3n) is 2.43. The summed E-state index contributed by atoms with van der Waals surface area (Å²) in [5, 5.41) is 3.20. The van der Waals surface area contributed by atoms with Crippen LogP contribution in [0.25, 0.3) is 0 Å². The molecule has 1 heterocycles.